The maximum Gasteiger partial charge on any atom is 0.245 e. The van der Waals surface area contributed by atoms with Crippen molar-refractivity contribution in [3.05, 3.63) is 96.1 Å². The number of aryl methyl sites for hydroxylation is 1. The fourth-order valence-electron chi connectivity index (χ4n) is 4.82. The van der Waals surface area contributed by atoms with E-state index >= 15 is 0 Å². The lowest BCUT2D eigenvalue weighted by atomic mass is 9.90. The number of benzene rings is 5. The molecule has 5 nitrogen and oxygen atoms in total. The van der Waals surface area contributed by atoms with Gasteiger partial charge in [0.05, 0.1) is 6.61 Å². The van der Waals surface area contributed by atoms with Crippen molar-refractivity contribution in [1.82, 2.24) is 10.6 Å². The van der Waals surface area contributed by atoms with Crippen LogP contribution in [0, 0.1) is 0 Å². The Morgan fingerprint density at radius 2 is 1.46 bits per heavy atom. The topological polar surface area (TPSA) is 78.4 Å². The van der Waals surface area contributed by atoms with Crippen LogP contribution in [0.4, 0.5) is 0 Å². The summed E-state index contributed by atoms with van der Waals surface area (Å²) >= 11 is 0. The van der Waals surface area contributed by atoms with Gasteiger partial charge < -0.3 is 15.7 Å². The zero-order chi connectivity index (χ0) is 24.2. The van der Waals surface area contributed by atoms with Gasteiger partial charge in [0.15, 0.2) is 0 Å². The molecular weight excluding hydrogens is 436 g/mol. The third kappa shape index (κ3) is 4.81. The number of nitrogens with one attached hydrogen (secondary N) is 2. The highest BCUT2D eigenvalue weighted by Crippen LogP contribution is 2.36. The van der Waals surface area contributed by atoms with E-state index in [1.165, 1.54) is 37.9 Å². The van der Waals surface area contributed by atoms with Crippen molar-refractivity contribution in [2.24, 2.45) is 0 Å². The molecule has 0 unspecified atom stereocenters. The van der Waals surface area contributed by atoms with Crippen LogP contribution in [0.2, 0.25) is 0 Å². The molecule has 0 bridgehead atoms. The maximum atomic E-state index is 12.5. The fraction of sp³-hybridized carbons (Fsp3) is 0.200. The molecule has 0 fully saturated rings. The van der Waals surface area contributed by atoms with Gasteiger partial charge in [-0.25, -0.2) is 0 Å². The van der Waals surface area contributed by atoms with E-state index in [0.29, 0.717) is 13.0 Å². The Hall–Kier alpha value is -3.96. The second-order valence-electron chi connectivity index (χ2n) is 8.94. The minimum absolute atomic E-state index is 0.239. The summed E-state index contributed by atoms with van der Waals surface area (Å²) in [5.74, 6) is -0.631. The zero-order valence-electron chi connectivity index (χ0n) is 19.5. The standard InChI is InChI=1S/C30H28N2O3/c33-19-26(30(35)31-18-20-6-2-1-3-7-20)32-27(34)11-5-8-21-12-13-24-15-14-22-9-4-10-23-16-17-25(21)29(24)28(22)23/h1-4,6-7,9-10,12-17,26,33H,5,8,11,18-19H2,(H,31,35)(H,32,34)/t26-/m0/s1. The number of hydrogen-bond acceptors (Lipinski definition) is 3. The van der Waals surface area contributed by atoms with Crippen molar-refractivity contribution in [3.8, 4) is 0 Å². The molecular formula is C30H28N2O3. The van der Waals surface area contributed by atoms with Crippen LogP contribution in [0.15, 0.2) is 84.9 Å². The molecule has 0 saturated carbocycles. The predicted octanol–water partition coefficient (Wildman–Crippen LogP) is 4.70. The first-order valence-corrected chi connectivity index (χ1v) is 12.0. The SMILES string of the molecule is O=C(CCCc1ccc2ccc3cccc4ccc1c2c34)N[C@@H](CO)C(=O)NCc1ccccc1. The molecule has 5 aromatic carbocycles. The van der Waals surface area contributed by atoms with Crippen LogP contribution in [0.3, 0.4) is 0 Å². The third-order valence-corrected chi connectivity index (χ3v) is 6.61. The van der Waals surface area contributed by atoms with E-state index in [0.717, 1.165) is 12.0 Å². The summed E-state index contributed by atoms with van der Waals surface area (Å²) in [4.78, 5) is 24.9. The molecule has 2 amide bonds. The highest BCUT2D eigenvalue weighted by Gasteiger charge is 2.19. The Morgan fingerprint density at radius 3 is 2.20 bits per heavy atom. The van der Waals surface area contributed by atoms with E-state index < -0.39 is 18.6 Å². The van der Waals surface area contributed by atoms with Crippen LogP contribution in [0.25, 0.3) is 32.3 Å². The van der Waals surface area contributed by atoms with Crippen molar-refractivity contribution in [2.75, 3.05) is 6.61 Å². The van der Waals surface area contributed by atoms with Crippen LogP contribution in [0.5, 0.6) is 0 Å². The lowest BCUT2D eigenvalue weighted by Gasteiger charge is -2.17. The second-order valence-corrected chi connectivity index (χ2v) is 8.94. The van der Waals surface area contributed by atoms with E-state index in [1.54, 1.807) is 0 Å². The van der Waals surface area contributed by atoms with Gasteiger partial charge in [-0.1, -0.05) is 84.9 Å². The monoisotopic (exact) mass is 464 g/mol. The quantitative estimate of drug-likeness (QED) is 0.277. The third-order valence-electron chi connectivity index (χ3n) is 6.61. The van der Waals surface area contributed by atoms with Gasteiger partial charge in [-0.3, -0.25) is 9.59 Å². The summed E-state index contributed by atoms with van der Waals surface area (Å²) in [6.07, 6.45) is 1.69. The Morgan fingerprint density at radius 1 is 0.771 bits per heavy atom. The van der Waals surface area contributed by atoms with E-state index in [4.69, 9.17) is 0 Å². The van der Waals surface area contributed by atoms with E-state index in [2.05, 4.69) is 65.2 Å². The minimum Gasteiger partial charge on any atom is -0.394 e. The lowest BCUT2D eigenvalue weighted by molar-refractivity contribution is -0.130. The molecule has 5 aromatic rings. The first-order chi connectivity index (χ1) is 17.1. The van der Waals surface area contributed by atoms with Crippen molar-refractivity contribution in [2.45, 2.75) is 31.8 Å². The van der Waals surface area contributed by atoms with Crippen molar-refractivity contribution in [3.63, 3.8) is 0 Å². The minimum atomic E-state index is -0.958. The van der Waals surface area contributed by atoms with Crippen molar-refractivity contribution < 1.29 is 14.7 Å². The number of carbonyl (C=O) groups excluding carboxylic acids is 2. The van der Waals surface area contributed by atoms with Crippen LogP contribution in [0.1, 0.15) is 24.0 Å². The highest BCUT2D eigenvalue weighted by atomic mass is 16.3. The van der Waals surface area contributed by atoms with Crippen LogP contribution in [-0.2, 0) is 22.6 Å². The molecule has 5 heteroatoms. The van der Waals surface area contributed by atoms with Gasteiger partial charge in [0.25, 0.3) is 0 Å². The fourth-order valence-corrected chi connectivity index (χ4v) is 4.82. The maximum absolute atomic E-state index is 12.5. The van der Waals surface area contributed by atoms with Gasteiger partial charge in [-0.2, -0.15) is 0 Å². The Balaban J connectivity index is 1.21. The molecule has 0 heterocycles. The first kappa shape index (κ1) is 22.8. The molecule has 176 valence electrons. The molecule has 0 aromatic heterocycles. The summed E-state index contributed by atoms with van der Waals surface area (Å²) in [5, 5.41) is 22.5. The Bertz CT molecular complexity index is 1460. The number of hydrogen-bond donors (Lipinski definition) is 3. The van der Waals surface area contributed by atoms with Gasteiger partial charge in [0.2, 0.25) is 11.8 Å². The number of aliphatic hydroxyl groups excluding tert-OH is 1. The molecule has 5 rings (SSSR count). The number of aliphatic hydroxyl groups is 1. The predicted molar refractivity (Wildman–Crippen MR) is 140 cm³/mol. The second kappa shape index (κ2) is 10.1. The number of carbonyl (C=O) groups is 2. The zero-order valence-corrected chi connectivity index (χ0v) is 19.5. The van der Waals surface area contributed by atoms with Gasteiger partial charge in [0, 0.05) is 13.0 Å². The summed E-state index contributed by atoms with van der Waals surface area (Å²) < 4.78 is 0. The van der Waals surface area contributed by atoms with E-state index in [1.807, 2.05) is 30.3 Å². The van der Waals surface area contributed by atoms with Gasteiger partial charge in [-0.05, 0) is 56.3 Å². The summed E-state index contributed by atoms with van der Waals surface area (Å²) in [6, 6.07) is 27.9. The first-order valence-electron chi connectivity index (χ1n) is 12.0. The normalized spacial score (nSPS) is 12.3. The smallest absolute Gasteiger partial charge is 0.245 e. The molecule has 0 aliphatic carbocycles. The molecule has 0 spiro atoms. The largest absolute Gasteiger partial charge is 0.394 e. The summed E-state index contributed by atoms with van der Waals surface area (Å²) in [7, 11) is 0. The van der Waals surface area contributed by atoms with Gasteiger partial charge >= 0.3 is 0 Å². The van der Waals surface area contributed by atoms with E-state index in [-0.39, 0.29) is 12.3 Å². The number of amides is 2. The average Bonchev–Trinajstić information content (AvgIpc) is 2.90. The Kier molecular flexibility index (Phi) is 6.59. The highest BCUT2D eigenvalue weighted by molar-refractivity contribution is 6.23. The van der Waals surface area contributed by atoms with Gasteiger partial charge in [0.1, 0.15) is 6.04 Å². The molecule has 0 radical (unpaired) electrons. The van der Waals surface area contributed by atoms with Crippen LogP contribution >= 0.6 is 0 Å². The lowest BCUT2D eigenvalue weighted by Crippen LogP contribution is -2.48. The van der Waals surface area contributed by atoms with Crippen molar-refractivity contribution in [1.29, 1.82) is 0 Å². The molecule has 35 heavy (non-hydrogen) atoms. The molecule has 0 saturated heterocycles. The van der Waals surface area contributed by atoms with Crippen LogP contribution in [-0.4, -0.2) is 29.6 Å². The van der Waals surface area contributed by atoms with E-state index in [9.17, 15) is 14.7 Å². The van der Waals surface area contributed by atoms with Gasteiger partial charge in [-0.15, -0.1) is 0 Å². The van der Waals surface area contributed by atoms with Crippen molar-refractivity contribution >= 4 is 44.1 Å². The number of rotatable bonds is 9. The average molecular weight is 465 g/mol. The van der Waals surface area contributed by atoms with Crippen LogP contribution < -0.4 is 10.6 Å². The molecule has 0 aliphatic rings. The molecule has 0 aliphatic heterocycles. The Labute approximate surface area is 204 Å². The summed E-state index contributed by atoms with van der Waals surface area (Å²) in [6.45, 7) is -0.0952. The molecule has 3 N–H and O–H groups in total. The molecule has 1 atom stereocenters. The summed E-state index contributed by atoms with van der Waals surface area (Å²) in [5.41, 5.74) is 2.17.